The van der Waals surface area contributed by atoms with Crippen LogP contribution in [0, 0.1) is 11.3 Å². The standard InChI is InChI=1S/C18H16ClN5O/c1-23-10-11(9-20)7-16(23)18(25)24-6-2-3-15(24)17-21-13-5-4-12(19)8-14(13)22-17/h4-5,7-8,10,15H,2-3,6H2,1H3,(H,21,22). The number of H-pyrrole nitrogens is 1. The fourth-order valence-electron chi connectivity index (χ4n) is 3.44. The normalized spacial score (nSPS) is 17.2. The predicted molar refractivity (Wildman–Crippen MR) is 94.2 cm³/mol. The summed E-state index contributed by atoms with van der Waals surface area (Å²) in [6.07, 6.45) is 3.44. The number of amides is 1. The van der Waals surface area contributed by atoms with Crippen molar-refractivity contribution in [2.75, 3.05) is 6.54 Å². The van der Waals surface area contributed by atoms with Gasteiger partial charge in [0.05, 0.1) is 22.6 Å². The molecule has 1 aromatic carbocycles. The first-order valence-corrected chi connectivity index (χ1v) is 8.47. The summed E-state index contributed by atoms with van der Waals surface area (Å²) in [6, 6.07) is 9.13. The maximum Gasteiger partial charge on any atom is 0.271 e. The molecule has 1 amide bonds. The van der Waals surface area contributed by atoms with E-state index in [1.165, 1.54) is 0 Å². The van der Waals surface area contributed by atoms with Gasteiger partial charge in [-0.15, -0.1) is 0 Å². The Kier molecular flexibility index (Phi) is 3.74. The number of hydrogen-bond donors (Lipinski definition) is 1. The second kappa shape index (κ2) is 5.94. The van der Waals surface area contributed by atoms with Gasteiger partial charge in [0.25, 0.3) is 5.91 Å². The van der Waals surface area contributed by atoms with Crippen molar-refractivity contribution >= 4 is 28.5 Å². The maximum atomic E-state index is 13.0. The van der Waals surface area contributed by atoms with Crippen molar-refractivity contribution in [2.24, 2.45) is 7.05 Å². The van der Waals surface area contributed by atoms with Crippen LogP contribution in [0.1, 0.15) is 40.8 Å². The van der Waals surface area contributed by atoms with Gasteiger partial charge in [0.15, 0.2) is 0 Å². The smallest absolute Gasteiger partial charge is 0.271 e. The Balaban J connectivity index is 1.68. The number of likely N-dealkylation sites (tertiary alicyclic amines) is 1. The Hall–Kier alpha value is -2.78. The molecule has 3 aromatic rings. The highest BCUT2D eigenvalue weighted by atomic mass is 35.5. The lowest BCUT2D eigenvalue weighted by Crippen LogP contribution is -2.32. The van der Waals surface area contributed by atoms with E-state index < -0.39 is 0 Å². The highest BCUT2D eigenvalue weighted by Crippen LogP contribution is 2.33. The van der Waals surface area contributed by atoms with Gasteiger partial charge in [0.1, 0.15) is 17.6 Å². The number of imidazole rings is 1. The van der Waals surface area contributed by atoms with Crippen LogP contribution in [0.15, 0.2) is 30.5 Å². The van der Waals surface area contributed by atoms with Crippen molar-refractivity contribution in [3.63, 3.8) is 0 Å². The number of benzene rings is 1. The average Bonchev–Trinajstić information content (AvgIpc) is 3.30. The van der Waals surface area contributed by atoms with Crippen molar-refractivity contribution in [3.8, 4) is 6.07 Å². The van der Waals surface area contributed by atoms with Crippen LogP contribution in [0.3, 0.4) is 0 Å². The summed E-state index contributed by atoms with van der Waals surface area (Å²) in [5.41, 5.74) is 2.71. The third kappa shape index (κ3) is 2.67. The Bertz CT molecular complexity index is 1010. The van der Waals surface area contributed by atoms with Crippen LogP contribution in [-0.2, 0) is 7.05 Å². The number of aromatic nitrogens is 3. The molecule has 1 N–H and O–H groups in total. The summed E-state index contributed by atoms with van der Waals surface area (Å²) in [7, 11) is 1.78. The minimum absolute atomic E-state index is 0.0787. The Morgan fingerprint density at radius 3 is 3.04 bits per heavy atom. The zero-order valence-corrected chi connectivity index (χ0v) is 14.4. The molecule has 0 radical (unpaired) electrons. The third-order valence-electron chi connectivity index (χ3n) is 4.64. The number of aryl methyl sites for hydroxylation is 1. The number of fused-ring (bicyclic) bond motifs is 1. The van der Waals surface area contributed by atoms with Crippen LogP contribution >= 0.6 is 11.6 Å². The molecule has 126 valence electrons. The van der Waals surface area contributed by atoms with E-state index in [0.29, 0.717) is 22.8 Å². The number of nitrogens with zero attached hydrogens (tertiary/aromatic N) is 4. The van der Waals surface area contributed by atoms with E-state index in [1.54, 1.807) is 29.9 Å². The van der Waals surface area contributed by atoms with Gasteiger partial charge in [0, 0.05) is 24.8 Å². The van der Waals surface area contributed by atoms with Crippen molar-refractivity contribution in [3.05, 3.63) is 52.6 Å². The monoisotopic (exact) mass is 353 g/mol. The maximum absolute atomic E-state index is 13.0. The molecule has 1 atom stereocenters. The molecule has 1 fully saturated rings. The number of carbonyl (C=O) groups excluding carboxylic acids is 1. The molecule has 1 saturated heterocycles. The number of nitrogens with one attached hydrogen (secondary N) is 1. The van der Waals surface area contributed by atoms with Gasteiger partial charge in [-0.1, -0.05) is 11.6 Å². The van der Waals surface area contributed by atoms with Gasteiger partial charge in [-0.2, -0.15) is 5.26 Å². The van der Waals surface area contributed by atoms with Crippen LogP contribution in [0.2, 0.25) is 5.02 Å². The zero-order chi connectivity index (χ0) is 17.6. The minimum atomic E-state index is -0.0980. The number of aromatic amines is 1. The zero-order valence-electron chi connectivity index (χ0n) is 13.7. The van der Waals surface area contributed by atoms with Crippen LogP contribution in [0.5, 0.6) is 0 Å². The molecule has 1 aliphatic rings. The number of hydrogen-bond acceptors (Lipinski definition) is 3. The Labute approximate surface area is 149 Å². The van der Waals surface area contributed by atoms with E-state index in [0.717, 1.165) is 29.7 Å². The van der Waals surface area contributed by atoms with Crippen LogP contribution in [0.4, 0.5) is 0 Å². The van der Waals surface area contributed by atoms with Gasteiger partial charge in [-0.05, 0) is 37.1 Å². The summed E-state index contributed by atoms with van der Waals surface area (Å²) in [4.78, 5) is 22.7. The lowest BCUT2D eigenvalue weighted by Gasteiger charge is -2.23. The van der Waals surface area contributed by atoms with E-state index in [2.05, 4.69) is 16.0 Å². The molecular weight excluding hydrogens is 338 g/mol. The third-order valence-corrected chi connectivity index (χ3v) is 4.88. The summed E-state index contributed by atoms with van der Waals surface area (Å²) in [5, 5.41) is 9.69. The summed E-state index contributed by atoms with van der Waals surface area (Å²) >= 11 is 6.04. The quantitative estimate of drug-likeness (QED) is 0.766. The molecule has 4 rings (SSSR count). The molecule has 0 saturated carbocycles. The average molecular weight is 354 g/mol. The molecule has 7 heteroatoms. The first-order valence-electron chi connectivity index (χ1n) is 8.09. The van der Waals surface area contributed by atoms with E-state index in [9.17, 15) is 4.79 Å². The Morgan fingerprint density at radius 1 is 1.44 bits per heavy atom. The van der Waals surface area contributed by atoms with E-state index in [-0.39, 0.29) is 11.9 Å². The van der Waals surface area contributed by atoms with Crippen molar-refractivity contribution in [1.29, 1.82) is 5.26 Å². The highest BCUT2D eigenvalue weighted by Gasteiger charge is 2.33. The molecule has 3 heterocycles. The lowest BCUT2D eigenvalue weighted by molar-refractivity contribution is 0.0721. The number of carbonyl (C=O) groups is 1. The fourth-order valence-corrected chi connectivity index (χ4v) is 3.61. The van der Waals surface area contributed by atoms with Gasteiger partial charge in [0.2, 0.25) is 0 Å². The topological polar surface area (TPSA) is 77.7 Å². The molecule has 1 unspecified atom stereocenters. The van der Waals surface area contributed by atoms with Gasteiger partial charge >= 0.3 is 0 Å². The summed E-state index contributed by atoms with van der Waals surface area (Å²) in [6.45, 7) is 0.675. The van der Waals surface area contributed by atoms with Crippen molar-refractivity contribution < 1.29 is 4.79 Å². The molecule has 0 aliphatic carbocycles. The minimum Gasteiger partial charge on any atom is -0.345 e. The Morgan fingerprint density at radius 2 is 2.28 bits per heavy atom. The first kappa shape index (κ1) is 15.7. The van der Waals surface area contributed by atoms with Gasteiger partial charge < -0.3 is 14.5 Å². The van der Waals surface area contributed by atoms with Gasteiger partial charge in [-0.3, -0.25) is 4.79 Å². The second-order valence-corrected chi connectivity index (χ2v) is 6.71. The lowest BCUT2D eigenvalue weighted by atomic mass is 10.2. The van der Waals surface area contributed by atoms with E-state index >= 15 is 0 Å². The first-order chi connectivity index (χ1) is 12.1. The molecular formula is C18H16ClN5O. The van der Waals surface area contributed by atoms with Gasteiger partial charge in [-0.25, -0.2) is 4.98 Å². The molecule has 1 aliphatic heterocycles. The summed E-state index contributed by atoms with van der Waals surface area (Å²) < 4.78 is 1.70. The van der Waals surface area contributed by atoms with Crippen LogP contribution < -0.4 is 0 Å². The summed E-state index contributed by atoms with van der Waals surface area (Å²) in [5.74, 6) is 0.697. The molecule has 0 bridgehead atoms. The predicted octanol–water partition coefficient (Wildman–Crippen LogP) is 3.40. The van der Waals surface area contributed by atoms with E-state index in [1.807, 2.05) is 17.0 Å². The van der Waals surface area contributed by atoms with Crippen LogP contribution in [0.25, 0.3) is 11.0 Å². The van der Waals surface area contributed by atoms with E-state index in [4.69, 9.17) is 16.9 Å². The molecule has 6 nitrogen and oxygen atoms in total. The van der Waals surface area contributed by atoms with Crippen molar-refractivity contribution in [1.82, 2.24) is 19.4 Å². The van der Waals surface area contributed by atoms with Crippen LogP contribution in [-0.4, -0.2) is 31.9 Å². The van der Waals surface area contributed by atoms with Crippen molar-refractivity contribution in [2.45, 2.75) is 18.9 Å². The second-order valence-electron chi connectivity index (χ2n) is 6.28. The molecule has 2 aromatic heterocycles. The number of rotatable bonds is 2. The molecule has 25 heavy (non-hydrogen) atoms. The largest absolute Gasteiger partial charge is 0.345 e. The SMILES string of the molecule is Cn1cc(C#N)cc1C(=O)N1CCCC1c1nc2ccc(Cl)cc2[nH]1. The number of nitriles is 1. The highest BCUT2D eigenvalue weighted by molar-refractivity contribution is 6.31. The fraction of sp³-hybridized carbons (Fsp3) is 0.278. The number of halogens is 1. The molecule has 0 spiro atoms.